The van der Waals surface area contributed by atoms with Crippen LogP contribution < -0.4 is 5.56 Å². The molecular formula is C12H13BrN2O5. The molecule has 0 bridgehead atoms. The number of pyridine rings is 1. The molecule has 7 nitrogen and oxygen atoms in total. The lowest BCUT2D eigenvalue weighted by atomic mass is 10.2. The molecule has 0 radical (unpaired) electrons. The fourth-order valence-corrected chi connectivity index (χ4v) is 1.94. The van der Waals surface area contributed by atoms with Crippen LogP contribution in [-0.4, -0.2) is 22.1 Å². The zero-order valence-electron chi connectivity index (χ0n) is 11.0. The molecule has 0 atom stereocenters. The first-order valence-corrected chi connectivity index (χ1v) is 6.47. The predicted molar refractivity (Wildman–Crippen MR) is 75.6 cm³/mol. The van der Waals surface area contributed by atoms with Crippen molar-refractivity contribution in [3.63, 3.8) is 0 Å². The van der Waals surface area contributed by atoms with Crippen LogP contribution in [0.2, 0.25) is 0 Å². The van der Waals surface area contributed by atoms with Gasteiger partial charge in [0.1, 0.15) is 0 Å². The second-order valence-electron chi connectivity index (χ2n) is 3.97. The molecule has 0 unspecified atom stereocenters. The molecule has 0 spiro atoms. The summed E-state index contributed by atoms with van der Waals surface area (Å²) in [4.78, 5) is 33.7. The normalized spacial score (nSPS) is 10.2. The molecule has 1 aromatic rings. The molecule has 0 amide bonds. The van der Waals surface area contributed by atoms with E-state index in [1.807, 2.05) is 0 Å². The summed E-state index contributed by atoms with van der Waals surface area (Å²) < 4.78 is 5.88. The molecule has 20 heavy (non-hydrogen) atoms. The smallest absolute Gasteiger partial charge is 0.335 e. The van der Waals surface area contributed by atoms with Crippen LogP contribution in [-0.2, 0) is 16.1 Å². The molecule has 8 heteroatoms. The van der Waals surface area contributed by atoms with Gasteiger partial charge in [-0.1, -0.05) is 6.58 Å². The van der Waals surface area contributed by atoms with Gasteiger partial charge in [-0.05, 0) is 29.8 Å². The highest BCUT2D eigenvalue weighted by Gasteiger charge is 2.19. The molecule has 0 aliphatic heterocycles. The van der Waals surface area contributed by atoms with Gasteiger partial charge < -0.3 is 9.30 Å². The Hall–Kier alpha value is -1.96. The minimum absolute atomic E-state index is 0.0407. The molecule has 0 saturated carbocycles. The summed E-state index contributed by atoms with van der Waals surface area (Å²) in [5, 5.41) is 10.9. The fraction of sp³-hybridized carbons (Fsp3) is 0.333. The van der Waals surface area contributed by atoms with E-state index in [0.717, 1.165) is 10.8 Å². The van der Waals surface area contributed by atoms with Crippen LogP contribution >= 0.6 is 15.9 Å². The zero-order chi connectivity index (χ0) is 15.4. The van der Waals surface area contributed by atoms with Crippen molar-refractivity contribution >= 4 is 27.6 Å². The van der Waals surface area contributed by atoms with Gasteiger partial charge in [0.25, 0.3) is 11.2 Å². The minimum atomic E-state index is -0.640. The number of carbonyl (C=O) groups is 1. The highest BCUT2D eigenvalue weighted by molar-refractivity contribution is 9.10. The van der Waals surface area contributed by atoms with E-state index in [4.69, 9.17) is 4.74 Å². The lowest BCUT2D eigenvalue weighted by molar-refractivity contribution is -0.386. The molecule has 0 aliphatic rings. The lowest BCUT2D eigenvalue weighted by Gasteiger charge is -2.10. The van der Waals surface area contributed by atoms with E-state index in [0.29, 0.717) is 0 Å². The van der Waals surface area contributed by atoms with Crippen molar-refractivity contribution < 1.29 is 14.5 Å². The third-order valence-corrected chi connectivity index (χ3v) is 3.50. The topological polar surface area (TPSA) is 91.4 Å². The van der Waals surface area contributed by atoms with Crippen molar-refractivity contribution in [2.24, 2.45) is 0 Å². The van der Waals surface area contributed by atoms with Gasteiger partial charge in [-0.25, -0.2) is 4.79 Å². The van der Waals surface area contributed by atoms with Gasteiger partial charge in [0, 0.05) is 11.1 Å². The molecule has 108 valence electrons. The summed E-state index contributed by atoms with van der Waals surface area (Å²) in [5.74, 6) is -0.640. The first kappa shape index (κ1) is 16.1. The average molecular weight is 345 g/mol. The van der Waals surface area contributed by atoms with E-state index in [9.17, 15) is 19.7 Å². The Morgan fingerprint density at radius 2 is 2.20 bits per heavy atom. The molecule has 0 saturated heterocycles. The SMILES string of the molecule is C=C(Cn1cc([N+](=O)[O-])c(C)c(Br)c1=O)C(=O)OCC. The Balaban J connectivity index is 3.20. The fourth-order valence-electron chi connectivity index (χ4n) is 1.51. The van der Waals surface area contributed by atoms with Crippen LogP contribution in [0.5, 0.6) is 0 Å². The number of esters is 1. The maximum Gasteiger partial charge on any atom is 0.335 e. The van der Waals surface area contributed by atoms with E-state index in [2.05, 4.69) is 22.5 Å². The number of hydrogen-bond acceptors (Lipinski definition) is 5. The summed E-state index contributed by atoms with van der Waals surface area (Å²) in [6, 6.07) is 0. The number of nitrogens with zero attached hydrogens (tertiary/aromatic N) is 2. The van der Waals surface area contributed by atoms with Gasteiger partial charge in [0.2, 0.25) is 0 Å². The number of rotatable bonds is 5. The minimum Gasteiger partial charge on any atom is -0.463 e. The molecule has 0 aliphatic carbocycles. The molecule has 1 rings (SSSR count). The number of halogens is 1. The summed E-state index contributed by atoms with van der Waals surface area (Å²) in [6.07, 6.45) is 1.09. The Morgan fingerprint density at radius 3 is 2.70 bits per heavy atom. The number of carbonyl (C=O) groups excluding carboxylic acids is 1. The average Bonchev–Trinajstić information content (AvgIpc) is 2.39. The Bertz CT molecular complexity index is 635. The quantitative estimate of drug-likeness (QED) is 0.352. The van der Waals surface area contributed by atoms with Crippen molar-refractivity contribution in [3.8, 4) is 0 Å². The van der Waals surface area contributed by atoms with E-state index in [-0.39, 0.29) is 34.4 Å². The highest BCUT2D eigenvalue weighted by atomic mass is 79.9. The van der Waals surface area contributed by atoms with Crippen LogP contribution in [0.3, 0.4) is 0 Å². The lowest BCUT2D eigenvalue weighted by Crippen LogP contribution is -2.25. The first-order chi connectivity index (χ1) is 9.29. The van der Waals surface area contributed by atoms with Crippen LogP contribution in [0.25, 0.3) is 0 Å². The van der Waals surface area contributed by atoms with Crippen LogP contribution in [0, 0.1) is 17.0 Å². The molecular weight excluding hydrogens is 332 g/mol. The zero-order valence-corrected chi connectivity index (χ0v) is 12.6. The molecule has 0 fully saturated rings. The van der Waals surface area contributed by atoms with Crippen LogP contribution in [0.15, 0.2) is 27.6 Å². The van der Waals surface area contributed by atoms with Gasteiger partial charge in [-0.15, -0.1) is 0 Å². The van der Waals surface area contributed by atoms with Crippen LogP contribution in [0.1, 0.15) is 12.5 Å². The standard InChI is InChI=1S/C12H13BrN2O5/c1-4-20-12(17)7(2)5-14-6-9(15(18)19)8(3)10(13)11(14)16/h6H,2,4-5H2,1,3H3. The number of ether oxygens (including phenoxy) is 1. The monoisotopic (exact) mass is 344 g/mol. The van der Waals surface area contributed by atoms with E-state index >= 15 is 0 Å². The second kappa shape index (κ2) is 6.47. The highest BCUT2D eigenvalue weighted by Crippen LogP contribution is 2.22. The van der Waals surface area contributed by atoms with E-state index in [1.54, 1.807) is 6.92 Å². The Morgan fingerprint density at radius 1 is 1.60 bits per heavy atom. The van der Waals surface area contributed by atoms with Gasteiger partial charge in [-0.2, -0.15) is 0 Å². The summed E-state index contributed by atoms with van der Waals surface area (Å²) >= 11 is 3.02. The maximum absolute atomic E-state index is 12.0. The number of hydrogen-bond donors (Lipinski definition) is 0. The third kappa shape index (κ3) is 3.32. The van der Waals surface area contributed by atoms with Gasteiger partial charge >= 0.3 is 5.97 Å². The third-order valence-electron chi connectivity index (χ3n) is 2.56. The second-order valence-corrected chi connectivity index (χ2v) is 4.76. The molecule has 0 N–H and O–H groups in total. The maximum atomic E-state index is 12.0. The van der Waals surface area contributed by atoms with Gasteiger partial charge in [-0.3, -0.25) is 14.9 Å². The van der Waals surface area contributed by atoms with Crippen LogP contribution in [0.4, 0.5) is 5.69 Å². The summed E-state index contributed by atoms with van der Waals surface area (Å²) in [5.41, 5.74) is -0.413. The number of nitro groups is 1. The van der Waals surface area contributed by atoms with Crippen molar-refractivity contribution in [2.45, 2.75) is 20.4 Å². The van der Waals surface area contributed by atoms with Crippen molar-refractivity contribution in [1.82, 2.24) is 4.57 Å². The Labute approximate surface area is 123 Å². The molecule has 1 aromatic heterocycles. The largest absolute Gasteiger partial charge is 0.463 e. The molecule has 0 aromatic carbocycles. The summed E-state index contributed by atoms with van der Waals surface area (Å²) in [7, 11) is 0. The van der Waals surface area contributed by atoms with E-state index in [1.165, 1.54) is 6.92 Å². The molecule has 1 heterocycles. The van der Waals surface area contributed by atoms with Crippen molar-refractivity contribution in [1.29, 1.82) is 0 Å². The van der Waals surface area contributed by atoms with Crippen molar-refractivity contribution in [2.75, 3.05) is 6.61 Å². The van der Waals surface area contributed by atoms with Crippen molar-refractivity contribution in [3.05, 3.63) is 48.9 Å². The van der Waals surface area contributed by atoms with Gasteiger partial charge in [0.05, 0.1) is 28.7 Å². The number of aromatic nitrogens is 1. The predicted octanol–water partition coefficient (Wildman–Crippen LogP) is 1.95. The van der Waals surface area contributed by atoms with E-state index < -0.39 is 16.5 Å². The Kier molecular flexibility index (Phi) is 5.20. The first-order valence-electron chi connectivity index (χ1n) is 5.68. The van der Waals surface area contributed by atoms with Gasteiger partial charge in [0.15, 0.2) is 0 Å². The summed E-state index contributed by atoms with van der Waals surface area (Å²) in [6.45, 7) is 6.64.